The predicted octanol–water partition coefficient (Wildman–Crippen LogP) is 2.57. The van der Waals surface area contributed by atoms with Gasteiger partial charge < -0.3 is 9.64 Å². The van der Waals surface area contributed by atoms with Crippen LogP contribution in [0.15, 0.2) is 5.51 Å². The molecule has 4 rings (SSSR count). The molecule has 3 fully saturated rings. The van der Waals surface area contributed by atoms with Crippen molar-refractivity contribution in [3.63, 3.8) is 0 Å². The van der Waals surface area contributed by atoms with Gasteiger partial charge in [0.05, 0.1) is 6.10 Å². The number of fused-ring (bicyclic) bond motifs is 1. The molecule has 3 aliphatic rings. The zero-order chi connectivity index (χ0) is 12.7. The molecule has 0 bridgehead atoms. The average Bonchev–Trinajstić information content (AvgIpc) is 2.94. The molecule has 0 spiro atoms. The normalized spacial score (nSPS) is 34.5. The maximum atomic E-state index is 6.23. The van der Waals surface area contributed by atoms with E-state index in [9.17, 15) is 0 Å². The molecule has 2 aliphatic carbocycles. The van der Waals surface area contributed by atoms with E-state index in [-0.39, 0.29) is 0 Å². The minimum Gasteiger partial charge on any atom is -0.378 e. The maximum absolute atomic E-state index is 6.23. The van der Waals surface area contributed by atoms with Crippen LogP contribution in [0.3, 0.4) is 0 Å². The first-order valence-electron chi connectivity index (χ1n) is 7.53. The topological polar surface area (TPSA) is 38.2 Å². The van der Waals surface area contributed by atoms with Gasteiger partial charge in [0.25, 0.3) is 0 Å². The largest absolute Gasteiger partial charge is 0.378 e. The van der Waals surface area contributed by atoms with Gasteiger partial charge in [-0.1, -0.05) is 17.8 Å². The van der Waals surface area contributed by atoms with Gasteiger partial charge in [-0.25, -0.2) is 0 Å². The first-order valence-corrected chi connectivity index (χ1v) is 8.41. The Labute approximate surface area is 118 Å². The van der Waals surface area contributed by atoms with E-state index in [4.69, 9.17) is 4.74 Å². The summed E-state index contributed by atoms with van der Waals surface area (Å²) in [5.41, 5.74) is 1.83. The third kappa shape index (κ3) is 2.50. The first-order chi connectivity index (χ1) is 9.40. The lowest BCUT2D eigenvalue weighted by atomic mass is 9.79. The van der Waals surface area contributed by atoms with Gasteiger partial charge in [-0.05, 0) is 37.5 Å². The highest BCUT2D eigenvalue weighted by Crippen LogP contribution is 2.40. The van der Waals surface area contributed by atoms with Crippen LogP contribution in [0.4, 0.5) is 5.13 Å². The molecule has 4 nitrogen and oxygen atoms in total. The summed E-state index contributed by atoms with van der Waals surface area (Å²) in [6.45, 7) is 3.28. The number of hydrogen-bond donors (Lipinski definition) is 0. The van der Waals surface area contributed by atoms with Gasteiger partial charge in [0.15, 0.2) is 0 Å². The van der Waals surface area contributed by atoms with Crippen LogP contribution in [0.1, 0.15) is 32.1 Å². The molecule has 0 radical (unpaired) electrons. The molecule has 0 N–H and O–H groups in total. The first kappa shape index (κ1) is 12.1. The third-order valence-electron chi connectivity index (χ3n) is 4.89. The van der Waals surface area contributed by atoms with Crippen LogP contribution in [-0.4, -0.2) is 36.0 Å². The highest BCUT2D eigenvalue weighted by Gasteiger charge is 2.42. The molecule has 0 aromatic carbocycles. The van der Waals surface area contributed by atoms with E-state index in [1.165, 1.54) is 32.1 Å². The second kappa shape index (κ2) is 5.02. The lowest BCUT2D eigenvalue weighted by Crippen LogP contribution is -2.34. The highest BCUT2D eigenvalue weighted by atomic mass is 32.1. The van der Waals surface area contributed by atoms with Crippen molar-refractivity contribution in [1.82, 2.24) is 10.2 Å². The Hall–Kier alpha value is -0.680. The van der Waals surface area contributed by atoms with Crippen molar-refractivity contribution < 1.29 is 4.74 Å². The predicted molar refractivity (Wildman–Crippen MR) is 75.4 cm³/mol. The fraction of sp³-hybridized carbons (Fsp3) is 0.857. The minimum absolute atomic E-state index is 0.497. The van der Waals surface area contributed by atoms with E-state index in [2.05, 4.69) is 15.1 Å². The van der Waals surface area contributed by atoms with Crippen LogP contribution < -0.4 is 4.90 Å². The van der Waals surface area contributed by atoms with Crippen molar-refractivity contribution in [2.24, 2.45) is 17.8 Å². The van der Waals surface area contributed by atoms with Gasteiger partial charge in [0, 0.05) is 25.6 Å². The molecule has 1 aromatic heterocycles. The lowest BCUT2D eigenvalue weighted by molar-refractivity contribution is -0.0231. The Morgan fingerprint density at radius 3 is 3.00 bits per heavy atom. The standard InChI is InChI=1S/C14H21N3OS/c1-2-11-6-17(14-16-15-9-19-14)7-12(11)13(3-1)18-8-10-4-5-10/h9-13H,1-8H2/t11-,12+,13+/m1/s1. The van der Waals surface area contributed by atoms with Gasteiger partial charge in [-0.15, -0.1) is 10.2 Å². The number of nitrogens with zero attached hydrogens (tertiary/aromatic N) is 3. The second-order valence-corrected chi connectivity index (χ2v) is 7.11. The smallest absolute Gasteiger partial charge is 0.208 e. The lowest BCUT2D eigenvalue weighted by Gasteiger charge is -2.32. The molecule has 5 heteroatoms. The number of aromatic nitrogens is 2. The monoisotopic (exact) mass is 279 g/mol. The summed E-state index contributed by atoms with van der Waals surface area (Å²) in [7, 11) is 0. The van der Waals surface area contributed by atoms with Gasteiger partial charge in [-0.2, -0.15) is 0 Å². The zero-order valence-corrected chi connectivity index (χ0v) is 12.0. The summed E-state index contributed by atoms with van der Waals surface area (Å²) in [5, 5.41) is 9.28. The Morgan fingerprint density at radius 1 is 1.26 bits per heavy atom. The summed E-state index contributed by atoms with van der Waals surface area (Å²) >= 11 is 1.66. The molecule has 104 valence electrons. The van der Waals surface area contributed by atoms with E-state index in [1.807, 2.05) is 5.51 Å². The van der Waals surface area contributed by atoms with Gasteiger partial charge in [0.1, 0.15) is 5.51 Å². The van der Waals surface area contributed by atoms with E-state index in [0.717, 1.165) is 42.6 Å². The van der Waals surface area contributed by atoms with Crippen molar-refractivity contribution in [3.05, 3.63) is 5.51 Å². The number of ether oxygens (including phenoxy) is 1. The van der Waals surface area contributed by atoms with Crippen molar-refractivity contribution in [2.45, 2.75) is 38.2 Å². The highest BCUT2D eigenvalue weighted by molar-refractivity contribution is 7.13. The Balaban J connectivity index is 1.42. The molecule has 19 heavy (non-hydrogen) atoms. The van der Waals surface area contributed by atoms with E-state index in [0.29, 0.717) is 6.10 Å². The maximum Gasteiger partial charge on any atom is 0.208 e. The van der Waals surface area contributed by atoms with Crippen LogP contribution in [0.25, 0.3) is 0 Å². The summed E-state index contributed by atoms with van der Waals surface area (Å²) in [5.74, 6) is 2.40. The molecular weight excluding hydrogens is 258 g/mol. The van der Waals surface area contributed by atoms with Crippen LogP contribution in [0, 0.1) is 17.8 Å². The van der Waals surface area contributed by atoms with Crippen LogP contribution in [0.2, 0.25) is 0 Å². The molecule has 0 unspecified atom stereocenters. The van der Waals surface area contributed by atoms with E-state index < -0.39 is 0 Å². The Morgan fingerprint density at radius 2 is 2.21 bits per heavy atom. The fourth-order valence-electron chi connectivity index (χ4n) is 3.63. The SMILES string of the molecule is c1nnc(N2C[C@H]3CCC[C@H](OCC4CC4)[C@H]3C2)s1. The summed E-state index contributed by atoms with van der Waals surface area (Å²) in [4.78, 5) is 2.42. The minimum atomic E-state index is 0.497. The van der Waals surface area contributed by atoms with Gasteiger partial charge in [-0.3, -0.25) is 0 Å². The molecule has 1 saturated heterocycles. The number of hydrogen-bond acceptors (Lipinski definition) is 5. The molecule has 3 atom stereocenters. The van der Waals surface area contributed by atoms with Gasteiger partial charge in [0.2, 0.25) is 5.13 Å². The number of anilines is 1. The quantitative estimate of drug-likeness (QED) is 0.849. The zero-order valence-electron chi connectivity index (χ0n) is 11.2. The van der Waals surface area contributed by atoms with E-state index >= 15 is 0 Å². The fourth-order valence-corrected chi connectivity index (χ4v) is 4.21. The van der Waals surface area contributed by atoms with Crippen molar-refractivity contribution in [2.75, 3.05) is 24.6 Å². The number of rotatable bonds is 4. The summed E-state index contributed by atoms with van der Waals surface area (Å²) < 4.78 is 6.23. The molecular formula is C14H21N3OS. The van der Waals surface area contributed by atoms with Crippen molar-refractivity contribution in [3.8, 4) is 0 Å². The Kier molecular flexibility index (Phi) is 3.19. The van der Waals surface area contributed by atoms with Crippen molar-refractivity contribution >= 4 is 16.5 Å². The van der Waals surface area contributed by atoms with E-state index in [1.54, 1.807) is 11.3 Å². The van der Waals surface area contributed by atoms with Gasteiger partial charge >= 0.3 is 0 Å². The summed E-state index contributed by atoms with van der Waals surface area (Å²) in [6, 6.07) is 0. The van der Waals surface area contributed by atoms with Crippen LogP contribution in [-0.2, 0) is 4.74 Å². The molecule has 1 aromatic rings. The molecule has 2 heterocycles. The summed E-state index contributed by atoms with van der Waals surface area (Å²) in [6.07, 6.45) is 7.23. The molecule has 1 aliphatic heterocycles. The average molecular weight is 279 g/mol. The van der Waals surface area contributed by atoms with Crippen LogP contribution >= 0.6 is 11.3 Å². The second-order valence-electron chi connectivity index (χ2n) is 6.30. The molecule has 0 amide bonds. The third-order valence-corrected chi connectivity index (χ3v) is 5.65. The van der Waals surface area contributed by atoms with Crippen LogP contribution in [0.5, 0.6) is 0 Å². The van der Waals surface area contributed by atoms with Crippen molar-refractivity contribution in [1.29, 1.82) is 0 Å². The molecule has 2 saturated carbocycles. The Bertz CT molecular complexity index is 420.